The molecule has 0 amide bonds. The Balaban J connectivity index is 2.27. The van der Waals surface area contributed by atoms with Gasteiger partial charge in [0.2, 0.25) is 0 Å². The third kappa shape index (κ3) is 2.91. The molecule has 1 atom stereocenters. The Labute approximate surface area is 109 Å². The number of morpholine rings is 1. The van der Waals surface area contributed by atoms with Gasteiger partial charge in [0.05, 0.1) is 30.3 Å². The molecule has 1 heterocycles. The third-order valence-corrected chi connectivity index (χ3v) is 3.28. The number of halogens is 1. The van der Waals surface area contributed by atoms with Crippen molar-refractivity contribution in [3.8, 4) is 11.5 Å². The lowest BCUT2D eigenvalue weighted by atomic mass is 10.1. The van der Waals surface area contributed by atoms with Crippen LogP contribution in [0.1, 0.15) is 18.5 Å². The van der Waals surface area contributed by atoms with E-state index >= 15 is 0 Å². The summed E-state index contributed by atoms with van der Waals surface area (Å²) in [4.78, 5) is 0. The van der Waals surface area contributed by atoms with Crippen LogP contribution in [0.2, 0.25) is 0 Å². The van der Waals surface area contributed by atoms with Gasteiger partial charge in [0.15, 0.2) is 11.5 Å². The maximum atomic E-state index is 9.83. The van der Waals surface area contributed by atoms with Gasteiger partial charge in [-0.25, -0.2) is 0 Å². The Morgan fingerprint density at radius 2 is 2.41 bits per heavy atom. The summed E-state index contributed by atoms with van der Waals surface area (Å²) in [6.45, 7) is 4.64. The number of hydrogen-bond acceptors (Lipinski definition) is 4. The summed E-state index contributed by atoms with van der Waals surface area (Å²) in [5.74, 6) is 0.650. The largest absolute Gasteiger partial charge is 0.503 e. The van der Waals surface area contributed by atoms with Crippen LogP contribution in [0.25, 0.3) is 0 Å². The molecule has 1 fully saturated rings. The average molecular weight is 302 g/mol. The molecule has 5 heteroatoms. The minimum absolute atomic E-state index is 0.146. The molecule has 1 aromatic carbocycles. The summed E-state index contributed by atoms with van der Waals surface area (Å²) in [5.41, 5.74) is 1.05. The number of rotatable bonds is 3. The van der Waals surface area contributed by atoms with Crippen LogP contribution in [-0.2, 0) is 4.74 Å². The van der Waals surface area contributed by atoms with Gasteiger partial charge in [-0.2, -0.15) is 0 Å². The minimum atomic E-state index is 0.146. The smallest absolute Gasteiger partial charge is 0.172 e. The number of phenolic OH excluding ortho intramolecular Hbond substituents is 1. The van der Waals surface area contributed by atoms with Crippen molar-refractivity contribution in [1.82, 2.24) is 5.32 Å². The van der Waals surface area contributed by atoms with E-state index in [1.54, 1.807) is 0 Å². The lowest BCUT2D eigenvalue weighted by Gasteiger charge is -2.25. The van der Waals surface area contributed by atoms with Crippen LogP contribution in [-0.4, -0.2) is 31.5 Å². The van der Waals surface area contributed by atoms with Crippen molar-refractivity contribution in [1.29, 1.82) is 0 Å². The predicted octanol–water partition coefficient (Wildman–Crippen LogP) is 2.21. The van der Waals surface area contributed by atoms with E-state index in [0.717, 1.165) is 18.7 Å². The fourth-order valence-electron chi connectivity index (χ4n) is 1.84. The first-order valence-corrected chi connectivity index (χ1v) is 6.48. The molecule has 0 spiro atoms. The molecule has 0 bridgehead atoms. The van der Waals surface area contributed by atoms with Gasteiger partial charge in [-0.1, -0.05) is 0 Å². The predicted molar refractivity (Wildman–Crippen MR) is 68.5 cm³/mol. The molecule has 94 valence electrons. The van der Waals surface area contributed by atoms with E-state index in [4.69, 9.17) is 9.47 Å². The van der Waals surface area contributed by atoms with Crippen LogP contribution in [0.4, 0.5) is 0 Å². The fourth-order valence-corrected chi connectivity index (χ4v) is 2.30. The van der Waals surface area contributed by atoms with Crippen LogP contribution < -0.4 is 10.1 Å². The molecule has 1 aliphatic rings. The molecule has 1 aliphatic heterocycles. The van der Waals surface area contributed by atoms with Gasteiger partial charge in [0.25, 0.3) is 0 Å². The summed E-state index contributed by atoms with van der Waals surface area (Å²) in [5, 5.41) is 13.2. The normalized spacial score (nSPS) is 20.2. The number of hydrogen-bond donors (Lipinski definition) is 2. The Kier molecular flexibility index (Phi) is 4.25. The molecule has 0 aliphatic carbocycles. The van der Waals surface area contributed by atoms with Gasteiger partial charge in [0, 0.05) is 6.54 Å². The van der Waals surface area contributed by atoms with Crippen LogP contribution in [0.3, 0.4) is 0 Å². The van der Waals surface area contributed by atoms with Crippen molar-refractivity contribution < 1.29 is 14.6 Å². The zero-order valence-electron chi connectivity index (χ0n) is 9.70. The standard InChI is InChI=1S/C12H16BrNO3/c1-2-17-11-6-8(5-9(13)12(11)15)10-7-16-4-3-14-10/h5-6,10,14-15H,2-4,7H2,1H3/t10-/m0/s1. The zero-order chi connectivity index (χ0) is 12.3. The van der Waals surface area contributed by atoms with Crippen molar-refractivity contribution in [2.75, 3.05) is 26.4 Å². The molecular formula is C12H16BrNO3. The topological polar surface area (TPSA) is 50.7 Å². The highest BCUT2D eigenvalue weighted by molar-refractivity contribution is 9.10. The molecule has 2 rings (SSSR count). The Hall–Kier alpha value is -0.780. The molecule has 2 N–H and O–H groups in total. The highest BCUT2D eigenvalue weighted by Crippen LogP contribution is 2.37. The molecule has 0 unspecified atom stereocenters. The molecular weight excluding hydrogens is 286 g/mol. The third-order valence-electron chi connectivity index (χ3n) is 2.67. The van der Waals surface area contributed by atoms with E-state index in [1.165, 1.54) is 0 Å². The first kappa shape index (κ1) is 12.7. The monoisotopic (exact) mass is 301 g/mol. The zero-order valence-corrected chi connectivity index (χ0v) is 11.3. The highest BCUT2D eigenvalue weighted by atomic mass is 79.9. The first-order chi connectivity index (χ1) is 8.22. The van der Waals surface area contributed by atoms with Crippen LogP contribution >= 0.6 is 15.9 Å². The van der Waals surface area contributed by atoms with Crippen molar-refractivity contribution in [2.45, 2.75) is 13.0 Å². The number of benzene rings is 1. The van der Waals surface area contributed by atoms with E-state index in [1.807, 2.05) is 19.1 Å². The molecule has 1 saturated heterocycles. The second-order valence-electron chi connectivity index (χ2n) is 3.86. The summed E-state index contributed by atoms with van der Waals surface area (Å²) >= 11 is 3.33. The highest BCUT2D eigenvalue weighted by Gasteiger charge is 2.18. The second kappa shape index (κ2) is 5.71. The average Bonchev–Trinajstić information content (AvgIpc) is 2.36. The molecule has 4 nitrogen and oxygen atoms in total. The maximum Gasteiger partial charge on any atom is 0.172 e. The molecule has 0 saturated carbocycles. The SMILES string of the molecule is CCOc1cc([C@@H]2COCCN2)cc(Br)c1O. The maximum absolute atomic E-state index is 9.83. The number of aromatic hydroxyl groups is 1. The summed E-state index contributed by atoms with van der Waals surface area (Å²) < 4.78 is 11.5. The number of phenols is 1. The summed E-state index contributed by atoms with van der Waals surface area (Å²) in [6.07, 6.45) is 0. The number of ether oxygens (including phenoxy) is 2. The van der Waals surface area contributed by atoms with E-state index in [0.29, 0.717) is 23.4 Å². The van der Waals surface area contributed by atoms with Crippen LogP contribution in [0.5, 0.6) is 11.5 Å². The van der Waals surface area contributed by atoms with E-state index in [9.17, 15) is 5.11 Å². The quantitative estimate of drug-likeness (QED) is 0.899. The van der Waals surface area contributed by atoms with Crippen molar-refractivity contribution in [3.63, 3.8) is 0 Å². The lowest BCUT2D eigenvalue weighted by molar-refractivity contribution is 0.0767. The lowest BCUT2D eigenvalue weighted by Crippen LogP contribution is -2.34. The van der Waals surface area contributed by atoms with Crippen molar-refractivity contribution >= 4 is 15.9 Å². The summed E-state index contributed by atoms with van der Waals surface area (Å²) in [7, 11) is 0. The molecule has 0 radical (unpaired) electrons. The van der Waals surface area contributed by atoms with Gasteiger partial charge in [-0.3, -0.25) is 0 Å². The van der Waals surface area contributed by atoms with E-state index in [2.05, 4.69) is 21.2 Å². The molecule has 0 aromatic heterocycles. The first-order valence-electron chi connectivity index (χ1n) is 5.68. The minimum Gasteiger partial charge on any atom is -0.503 e. The van der Waals surface area contributed by atoms with Gasteiger partial charge < -0.3 is 19.9 Å². The Morgan fingerprint density at radius 3 is 3.06 bits per heavy atom. The van der Waals surface area contributed by atoms with Crippen molar-refractivity contribution in [2.24, 2.45) is 0 Å². The van der Waals surface area contributed by atoms with Crippen molar-refractivity contribution in [3.05, 3.63) is 22.2 Å². The van der Waals surface area contributed by atoms with Gasteiger partial charge in [-0.05, 0) is 40.5 Å². The van der Waals surface area contributed by atoms with E-state index < -0.39 is 0 Å². The van der Waals surface area contributed by atoms with Gasteiger partial charge >= 0.3 is 0 Å². The fraction of sp³-hybridized carbons (Fsp3) is 0.500. The van der Waals surface area contributed by atoms with Gasteiger partial charge in [0.1, 0.15) is 0 Å². The molecule has 1 aromatic rings. The van der Waals surface area contributed by atoms with Crippen LogP contribution in [0.15, 0.2) is 16.6 Å². The second-order valence-corrected chi connectivity index (χ2v) is 4.72. The Morgan fingerprint density at radius 1 is 1.59 bits per heavy atom. The molecule has 17 heavy (non-hydrogen) atoms. The summed E-state index contributed by atoms with van der Waals surface area (Å²) in [6, 6.07) is 3.90. The Bertz CT molecular complexity index is 392. The van der Waals surface area contributed by atoms with Gasteiger partial charge in [-0.15, -0.1) is 0 Å². The van der Waals surface area contributed by atoms with E-state index in [-0.39, 0.29) is 11.8 Å². The van der Waals surface area contributed by atoms with Crippen LogP contribution in [0, 0.1) is 0 Å². The number of nitrogens with one attached hydrogen (secondary N) is 1.